The van der Waals surface area contributed by atoms with Gasteiger partial charge in [-0.2, -0.15) is 0 Å². The summed E-state index contributed by atoms with van der Waals surface area (Å²) in [5.41, 5.74) is 2.62. The second-order valence-electron chi connectivity index (χ2n) is 6.14. The minimum absolute atomic E-state index is 0.0586. The summed E-state index contributed by atoms with van der Waals surface area (Å²) in [7, 11) is 0. The number of carbonyl (C=O) groups is 1. The number of non-ortho nitro benzene ring substituents is 1. The number of nitrogens with zero attached hydrogens (tertiary/aromatic N) is 1. The molecule has 1 atom stereocenters. The number of aryl methyl sites for hydroxylation is 1. The zero-order valence-corrected chi connectivity index (χ0v) is 13.8. The molecule has 6 heteroatoms. The molecule has 0 aromatic heterocycles. The topological polar surface area (TPSA) is 81.5 Å². The molecule has 0 unspecified atom stereocenters. The quantitative estimate of drug-likeness (QED) is 0.647. The van der Waals surface area contributed by atoms with Crippen LogP contribution in [-0.2, 0) is 11.2 Å². The highest BCUT2D eigenvalue weighted by molar-refractivity contribution is 5.77. The van der Waals surface area contributed by atoms with Gasteiger partial charge >= 0.3 is 0 Å². The van der Waals surface area contributed by atoms with Gasteiger partial charge in [-0.1, -0.05) is 30.3 Å². The van der Waals surface area contributed by atoms with Crippen molar-refractivity contribution in [2.75, 3.05) is 13.2 Å². The van der Waals surface area contributed by atoms with Gasteiger partial charge in [-0.05, 0) is 36.5 Å². The number of ether oxygens (including phenoxy) is 1. The van der Waals surface area contributed by atoms with Gasteiger partial charge in [0, 0.05) is 18.5 Å². The van der Waals surface area contributed by atoms with Crippen molar-refractivity contribution < 1.29 is 14.5 Å². The summed E-state index contributed by atoms with van der Waals surface area (Å²) >= 11 is 0. The smallest absolute Gasteiger partial charge is 0.273 e. The molecule has 0 saturated heterocycles. The van der Waals surface area contributed by atoms with Crippen LogP contribution in [0.15, 0.2) is 48.5 Å². The van der Waals surface area contributed by atoms with Crippen LogP contribution >= 0.6 is 0 Å². The molecule has 2 aromatic carbocycles. The number of rotatable bonds is 6. The van der Waals surface area contributed by atoms with Crippen LogP contribution < -0.4 is 10.1 Å². The molecule has 0 heterocycles. The Bertz CT molecular complexity index is 776. The highest BCUT2D eigenvalue weighted by atomic mass is 16.6. The first-order valence-corrected chi connectivity index (χ1v) is 8.35. The number of nitro groups is 1. The van der Waals surface area contributed by atoms with Gasteiger partial charge in [-0.25, -0.2) is 0 Å². The van der Waals surface area contributed by atoms with E-state index in [-0.39, 0.29) is 18.2 Å². The van der Waals surface area contributed by atoms with Crippen LogP contribution in [0.25, 0.3) is 0 Å². The molecule has 0 fully saturated rings. The van der Waals surface area contributed by atoms with E-state index in [4.69, 9.17) is 4.74 Å². The molecule has 1 aliphatic carbocycles. The third-order valence-corrected chi connectivity index (χ3v) is 4.44. The van der Waals surface area contributed by atoms with Crippen LogP contribution in [0.5, 0.6) is 5.75 Å². The van der Waals surface area contributed by atoms with Gasteiger partial charge in [-0.3, -0.25) is 14.9 Å². The molecule has 0 spiro atoms. The highest BCUT2D eigenvalue weighted by Crippen LogP contribution is 2.30. The van der Waals surface area contributed by atoms with Crippen molar-refractivity contribution in [2.24, 2.45) is 0 Å². The molecule has 1 amide bonds. The average Bonchev–Trinajstić information content (AvgIpc) is 2.65. The van der Waals surface area contributed by atoms with Crippen molar-refractivity contribution in [3.05, 3.63) is 69.8 Å². The molecule has 0 bridgehead atoms. The fourth-order valence-electron chi connectivity index (χ4n) is 3.19. The molecule has 6 nitrogen and oxygen atoms in total. The number of nitrogens with one attached hydrogen (secondary N) is 1. The summed E-state index contributed by atoms with van der Waals surface area (Å²) in [6.45, 7) is 0.420. The zero-order valence-electron chi connectivity index (χ0n) is 13.8. The Hall–Kier alpha value is -2.89. The number of fused-ring (bicyclic) bond motifs is 1. The zero-order chi connectivity index (χ0) is 17.6. The average molecular weight is 340 g/mol. The van der Waals surface area contributed by atoms with E-state index in [1.807, 2.05) is 12.1 Å². The van der Waals surface area contributed by atoms with Crippen molar-refractivity contribution >= 4 is 11.6 Å². The monoisotopic (exact) mass is 340 g/mol. The summed E-state index contributed by atoms with van der Waals surface area (Å²) in [5, 5.41) is 13.6. The summed E-state index contributed by atoms with van der Waals surface area (Å²) in [6, 6.07) is 14.2. The van der Waals surface area contributed by atoms with Crippen molar-refractivity contribution in [3.8, 4) is 5.75 Å². The van der Waals surface area contributed by atoms with Crippen LogP contribution in [-0.4, -0.2) is 24.0 Å². The predicted octanol–water partition coefficient (Wildman–Crippen LogP) is 3.21. The second kappa shape index (κ2) is 7.79. The van der Waals surface area contributed by atoms with E-state index >= 15 is 0 Å². The molecule has 1 N–H and O–H groups in total. The first-order chi connectivity index (χ1) is 12.1. The van der Waals surface area contributed by atoms with Crippen LogP contribution in [0.1, 0.15) is 29.9 Å². The highest BCUT2D eigenvalue weighted by Gasteiger charge is 2.20. The van der Waals surface area contributed by atoms with Crippen molar-refractivity contribution in [1.29, 1.82) is 0 Å². The number of amides is 1. The Labute approximate surface area is 146 Å². The fourth-order valence-corrected chi connectivity index (χ4v) is 3.19. The SMILES string of the molecule is O=C(COc1cccc([N+](=O)[O-])c1)NC[C@H]1CCCc2ccccc21. The lowest BCUT2D eigenvalue weighted by Gasteiger charge is -2.25. The first kappa shape index (κ1) is 17.0. The van der Waals surface area contributed by atoms with Crippen LogP contribution in [0.2, 0.25) is 0 Å². The van der Waals surface area contributed by atoms with Crippen molar-refractivity contribution in [2.45, 2.75) is 25.2 Å². The number of benzene rings is 2. The predicted molar refractivity (Wildman–Crippen MR) is 93.7 cm³/mol. The van der Waals surface area contributed by atoms with Gasteiger partial charge in [0.05, 0.1) is 11.0 Å². The van der Waals surface area contributed by atoms with Crippen molar-refractivity contribution in [1.82, 2.24) is 5.32 Å². The maximum absolute atomic E-state index is 12.0. The Balaban J connectivity index is 1.51. The summed E-state index contributed by atoms with van der Waals surface area (Å²) in [6.07, 6.45) is 3.28. The van der Waals surface area contributed by atoms with E-state index < -0.39 is 4.92 Å². The van der Waals surface area contributed by atoms with Gasteiger partial charge < -0.3 is 10.1 Å². The lowest BCUT2D eigenvalue weighted by molar-refractivity contribution is -0.384. The van der Waals surface area contributed by atoms with Gasteiger partial charge in [0.15, 0.2) is 6.61 Å². The van der Waals surface area contributed by atoms with Gasteiger partial charge in [0.1, 0.15) is 5.75 Å². The summed E-state index contributed by atoms with van der Waals surface area (Å²) in [5.74, 6) is 0.411. The third kappa shape index (κ3) is 4.35. The Morgan fingerprint density at radius 1 is 1.24 bits per heavy atom. The minimum Gasteiger partial charge on any atom is -0.484 e. The number of carbonyl (C=O) groups excluding carboxylic acids is 1. The molecular weight excluding hydrogens is 320 g/mol. The summed E-state index contributed by atoms with van der Waals surface area (Å²) in [4.78, 5) is 22.3. The molecule has 2 aromatic rings. The standard InChI is InChI=1S/C19H20N2O4/c22-19(13-25-17-9-4-8-16(11-17)21(23)24)20-12-15-7-3-6-14-5-1-2-10-18(14)15/h1-2,4-5,8-11,15H,3,6-7,12-13H2,(H,20,22)/t15-/m1/s1. The van der Waals surface area contributed by atoms with E-state index in [9.17, 15) is 14.9 Å². The van der Waals surface area contributed by atoms with Crippen LogP contribution in [0, 0.1) is 10.1 Å². The molecule has 3 rings (SSSR count). The van der Waals surface area contributed by atoms with Crippen LogP contribution in [0.3, 0.4) is 0 Å². The Kier molecular flexibility index (Phi) is 5.28. The molecule has 1 aliphatic rings. The van der Waals surface area contributed by atoms with E-state index in [0.29, 0.717) is 18.2 Å². The third-order valence-electron chi connectivity index (χ3n) is 4.44. The first-order valence-electron chi connectivity index (χ1n) is 8.35. The van der Waals surface area contributed by atoms with Gasteiger partial charge in [0.25, 0.3) is 11.6 Å². The Morgan fingerprint density at radius 3 is 2.92 bits per heavy atom. The normalized spacial score (nSPS) is 15.9. The van der Waals surface area contributed by atoms with E-state index in [2.05, 4.69) is 17.4 Å². The second-order valence-corrected chi connectivity index (χ2v) is 6.14. The van der Waals surface area contributed by atoms with Gasteiger partial charge in [0.2, 0.25) is 0 Å². The lowest BCUT2D eigenvalue weighted by Crippen LogP contribution is -2.33. The Morgan fingerprint density at radius 2 is 2.08 bits per heavy atom. The minimum atomic E-state index is -0.493. The maximum Gasteiger partial charge on any atom is 0.273 e. The molecular formula is C19H20N2O4. The van der Waals surface area contributed by atoms with Crippen LogP contribution in [0.4, 0.5) is 5.69 Å². The fraction of sp³-hybridized carbons (Fsp3) is 0.316. The maximum atomic E-state index is 12.0. The lowest BCUT2D eigenvalue weighted by atomic mass is 9.83. The molecule has 0 saturated carbocycles. The van der Waals surface area contributed by atoms with E-state index in [1.165, 1.54) is 29.3 Å². The largest absolute Gasteiger partial charge is 0.484 e. The van der Waals surface area contributed by atoms with E-state index in [1.54, 1.807) is 6.07 Å². The number of hydrogen-bond acceptors (Lipinski definition) is 4. The molecule has 0 radical (unpaired) electrons. The van der Waals surface area contributed by atoms with Gasteiger partial charge in [-0.15, -0.1) is 0 Å². The molecule has 0 aliphatic heterocycles. The van der Waals surface area contributed by atoms with Crippen molar-refractivity contribution in [3.63, 3.8) is 0 Å². The number of hydrogen-bond donors (Lipinski definition) is 1. The molecule has 25 heavy (non-hydrogen) atoms. The van der Waals surface area contributed by atoms with E-state index in [0.717, 1.165) is 19.3 Å². The summed E-state index contributed by atoms with van der Waals surface area (Å²) < 4.78 is 5.35. The molecule has 130 valence electrons. The number of nitro benzene ring substituents is 1.